The van der Waals surface area contributed by atoms with Crippen molar-refractivity contribution in [2.24, 2.45) is 5.73 Å². The number of nitrogens with two attached hydrogens (primary N) is 1. The van der Waals surface area contributed by atoms with Crippen molar-refractivity contribution in [1.29, 1.82) is 0 Å². The number of rotatable bonds is 7. The van der Waals surface area contributed by atoms with E-state index in [1.54, 1.807) is 32.0 Å². The summed E-state index contributed by atoms with van der Waals surface area (Å²) in [6.07, 6.45) is -0.866. The van der Waals surface area contributed by atoms with Crippen LogP contribution in [0.5, 0.6) is 0 Å². The van der Waals surface area contributed by atoms with E-state index in [-0.39, 0.29) is 24.1 Å². The maximum atomic E-state index is 12.1. The van der Waals surface area contributed by atoms with Crippen LogP contribution in [0.25, 0.3) is 0 Å². The summed E-state index contributed by atoms with van der Waals surface area (Å²) in [6, 6.07) is 6.29. The summed E-state index contributed by atoms with van der Waals surface area (Å²) < 4.78 is 31.4. The summed E-state index contributed by atoms with van der Waals surface area (Å²) in [6.45, 7) is 3.81. The van der Waals surface area contributed by atoms with Crippen LogP contribution in [0.3, 0.4) is 0 Å². The number of hydrogen-bond donors (Lipinski definition) is 3. The van der Waals surface area contributed by atoms with Gasteiger partial charge in [0, 0.05) is 12.6 Å². The average Bonchev–Trinajstić information content (AvgIpc) is 2.33. The smallest absolute Gasteiger partial charge is 0.404 e. The van der Waals surface area contributed by atoms with E-state index in [9.17, 15) is 13.2 Å². The Kier molecular flexibility index (Phi) is 5.78. The van der Waals surface area contributed by atoms with Crippen LogP contribution in [0.2, 0.25) is 0 Å². The highest BCUT2D eigenvalue weighted by atomic mass is 32.2. The predicted octanol–water partition coefficient (Wildman–Crippen LogP) is 0.881. The molecule has 4 N–H and O–H groups in total. The van der Waals surface area contributed by atoms with Gasteiger partial charge in [0.1, 0.15) is 11.5 Å². The number of sulfonamides is 1. The molecule has 0 heterocycles. The quantitative estimate of drug-likeness (QED) is 0.647. The third kappa shape index (κ3) is 5.06. The topological polar surface area (TPSA) is 111 Å². The number of hydrogen-bond acceptors (Lipinski definition) is 5. The minimum atomic E-state index is -3.59. The van der Waals surface area contributed by atoms with Gasteiger partial charge in [0.05, 0.1) is 5.69 Å². The Morgan fingerprint density at radius 3 is 2.60 bits per heavy atom. The molecule has 1 aromatic carbocycles. The molecule has 8 heteroatoms. The standard InChI is InChI=1S/C12H19N3O4S/c1-9(2)15-20(17,18)11-6-4-3-5-10(11)14-7-8-19-12(13)16/h3-6,9,14-15H,7-8H2,1-2H3,(H2,13,16). The van der Waals surface area contributed by atoms with Gasteiger partial charge in [-0.1, -0.05) is 12.1 Å². The number of nitrogens with one attached hydrogen (secondary N) is 2. The second-order valence-electron chi connectivity index (χ2n) is 4.37. The zero-order chi connectivity index (χ0) is 15.2. The Bertz CT molecular complexity index is 558. The molecule has 0 saturated heterocycles. The zero-order valence-electron chi connectivity index (χ0n) is 11.4. The average molecular weight is 301 g/mol. The van der Waals surface area contributed by atoms with Crippen molar-refractivity contribution >= 4 is 21.8 Å². The van der Waals surface area contributed by atoms with Gasteiger partial charge in [0.2, 0.25) is 10.0 Å². The minimum absolute atomic E-state index is 0.0569. The van der Waals surface area contributed by atoms with E-state index in [1.165, 1.54) is 6.07 Å². The fraction of sp³-hybridized carbons (Fsp3) is 0.417. The highest BCUT2D eigenvalue weighted by Gasteiger charge is 2.18. The van der Waals surface area contributed by atoms with Gasteiger partial charge in [-0.2, -0.15) is 0 Å². The molecule has 0 aliphatic heterocycles. The number of carbonyl (C=O) groups is 1. The Hall–Kier alpha value is -1.80. The van der Waals surface area contributed by atoms with Crippen molar-refractivity contribution in [1.82, 2.24) is 4.72 Å². The zero-order valence-corrected chi connectivity index (χ0v) is 12.2. The van der Waals surface area contributed by atoms with Gasteiger partial charge in [-0.15, -0.1) is 0 Å². The molecule has 1 rings (SSSR count). The number of amides is 1. The Morgan fingerprint density at radius 2 is 2.00 bits per heavy atom. The van der Waals surface area contributed by atoms with E-state index < -0.39 is 16.1 Å². The molecule has 1 amide bonds. The van der Waals surface area contributed by atoms with Crippen LogP contribution >= 0.6 is 0 Å². The first-order chi connectivity index (χ1) is 9.33. The largest absolute Gasteiger partial charge is 0.448 e. The summed E-state index contributed by atoms with van der Waals surface area (Å²) in [5.74, 6) is 0. The van der Waals surface area contributed by atoms with Gasteiger partial charge in [0.25, 0.3) is 0 Å². The fourth-order valence-electron chi connectivity index (χ4n) is 1.56. The normalized spacial score (nSPS) is 11.3. The molecule has 0 aliphatic rings. The van der Waals surface area contributed by atoms with E-state index in [4.69, 9.17) is 5.73 Å². The van der Waals surface area contributed by atoms with Crippen molar-refractivity contribution in [2.45, 2.75) is 24.8 Å². The lowest BCUT2D eigenvalue weighted by Gasteiger charge is -2.14. The first-order valence-electron chi connectivity index (χ1n) is 6.10. The lowest BCUT2D eigenvalue weighted by atomic mass is 10.3. The van der Waals surface area contributed by atoms with Crippen LogP contribution in [0, 0.1) is 0 Å². The molecule has 1 aromatic rings. The van der Waals surface area contributed by atoms with Crippen LogP contribution in [0.15, 0.2) is 29.2 Å². The Labute approximate surface area is 118 Å². The molecule has 0 aliphatic carbocycles. The molecule has 20 heavy (non-hydrogen) atoms. The molecule has 0 spiro atoms. The molecule has 0 aromatic heterocycles. The lowest BCUT2D eigenvalue weighted by molar-refractivity contribution is 0.161. The second kappa shape index (κ2) is 7.11. The highest BCUT2D eigenvalue weighted by Crippen LogP contribution is 2.20. The Balaban J connectivity index is 2.80. The van der Waals surface area contributed by atoms with E-state index in [0.717, 1.165) is 0 Å². The maximum absolute atomic E-state index is 12.1. The monoisotopic (exact) mass is 301 g/mol. The van der Waals surface area contributed by atoms with Gasteiger partial charge < -0.3 is 15.8 Å². The number of benzene rings is 1. The number of ether oxygens (including phenoxy) is 1. The predicted molar refractivity (Wildman–Crippen MR) is 75.9 cm³/mol. The van der Waals surface area contributed by atoms with Crippen molar-refractivity contribution in [3.8, 4) is 0 Å². The van der Waals surface area contributed by atoms with Crippen LogP contribution in [-0.4, -0.2) is 33.7 Å². The summed E-state index contributed by atoms with van der Waals surface area (Å²) in [5.41, 5.74) is 5.27. The highest BCUT2D eigenvalue weighted by molar-refractivity contribution is 7.89. The van der Waals surface area contributed by atoms with Crippen molar-refractivity contribution in [2.75, 3.05) is 18.5 Å². The van der Waals surface area contributed by atoms with Gasteiger partial charge in [0.15, 0.2) is 0 Å². The number of carbonyl (C=O) groups excluding carboxylic acids is 1. The van der Waals surface area contributed by atoms with E-state index in [2.05, 4.69) is 14.8 Å². The first kappa shape index (κ1) is 16.3. The molecule has 7 nitrogen and oxygen atoms in total. The summed E-state index contributed by atoms with van der Waals surface area (Å²) in [5, 5.41) is 2.90. The third-order valence-electron chi connectivity index (χ3n) is 2.23. The molecule has 0 unspecified atom stereocenters. The number of primary amides is 1. The SMILES string of the molecule is CC(C)NS(=O)(=O)c1ccccc1NCCOC(N)=O. The molecular weight excluding hydrogens is 282 g/mol. The molecule has 0 atom stereocenters. The maximum Gasteiger partial charge on any atom is 0.404 e. The summed E-state index contributed by atoms with van der Waals surface area (Å²) >= 11 is 0. The molecule has 0 radical (unpaired) electrons. The van der Waals surface area contributed by atoms with Crippen molar-refractivity contribution in [3.63, 3.8) is 0 Å². The minimum Gasteiger partial charge on any atom is -0.448 e. The van der Waals surface area contributed by atoms with Crippen LogP contribution in [0.4, 0.5) is 10.5 Å². The van der Waals surface area contributed by atoms with Gasteiger partial charge in [-0.3, -0.25) is 0 Å². The summed E-state index contributed by atoms with van der Waals surface area (Å²) in [7, 11) is -3.59. The molecule has 0 saturated carbocycles. The van der Waals surface area contributed by atoms with E-state index >= 15 is 0 Å². The number of para-hydroxylation sites is 1. The first-order valence-corrected chi connectivity index (χ1v) is 7.58. The van der Waals surface area contributed by atoms with Crippen LogP contribution < -0.4 is 15.8 Å². The number of anilines is 1. The van der Waals surface area contributed by atoms with Gasteiger partial charge >= 0.3 is 6.09 Å². The van der Waals surface area contributed by atoms with Gasteiger partial charge in [-0.05, 0) is 26.0 Å². The lowest BCUT2D eigenvalue weighted by Crippen LogP contribution is -2.31. The molecule has 0 fully saturated rings. The second-order valence-corrected chi connectivity index (χ2v) is 6.05. The van der Waals surface area contributed by atoms with E-state index in [1.807, 2.05) is 0 Å². The van der Waals surface area contributed by atoms with Crippen molar-refractivity contribution < 1.29 is 17.9 Å². The molecular formula is C12H19N3O4S. The summed E-state index contributed by atoms with van der Waals surface area (Å²) in [4.78, 5) is 10.6. The van der Waals surface area contributed by atoms with E-state index in [0.29, 0.717) is 5.69 Å². The molecule has 0 bridgehead atoms. The Morgan fingerprint density at radius 1 is 1.35 bits per heavy atom. The fourth-order valence-corrected chi connectivity index (χ4v) is 2.99. The van der Waals surface area contributed by atoms with Crippen LogP contribution in [-0.2, 0) is 14.8 Å². The van der Waals surface area contributed by atoms with Crippen molar-refractivity contribution in [3.05, 3.63) is 24.3 Å². The van der Waals surface area contributed by atoms with Gasteiger partial charge in [-0.25, -0.2) is 17.9 Å². The van der Waals surface area contributed by atoms with Crippen LogP contribution in [0.1, 0.15) is 13.8 Å². The third-order valence-corrected chi connectivity index (χ3v) is 3.95. The molecule has 112 valence electrons.